The fraction of sp³-hybridized carbons (Fsp3) is 0.480. The number of benzene rings is 1. The molecule has 1 aliphatic heterocycles. The van der Waals surface area contributed by atoms with Crippen LogP contribution in [0, 0.1) is 18.8 Å². The average molecular weight is 507 g/mol. The van der Waals surface area contributed by atoms with E-state index in [0.717, 1.165) is 5.56 Å². The molecule has 0 saturated heterocycles. The predicted octanol–water partition coefficient (Wildman–Crippen LogP) is 3.26. The molecule has 1 aromatic rings. The third-order valence-corrected chi connectivity index (χ3v) is 7.00. The number of aryl methyl sites for hydroxylation is 1. The van der Waals surface area contributed by atoms with Crippen LogP contribution in [0.2, 0.25) is 0 Å². The van der Waals surface area contributed by atoms with Crippen LogP contribution in [0.3, 0.4) is 0 Å². The second-order valence-electron chi connectivity index (χ2n) is 8.76. The molecule has 0 spiro atoms. The molecular weight excluding hydrogens is 472 g/mol. The predicted molar refractivity (Wildman–Crippen MR) is 131 cm³/mol. The Morgan fingerprint density at radius 1 is 0.971 bits per heavy atom. The van der Waals surface area contributed by atoms with Crippen LogP contribution in [0.25, 0.3) is 0 Å². The highest BCUT2D eigenvalue weighted by Gasteiger charge is 2.29. The minimum absolute atomic E-state index is 0.0102. The lowest BCUT2D eigenvalue weighted by Gasteiger charge is -2.25. The highest BCUT2D eigenvalue weighted by molar-refractivity contribution is 7.95. The van der Waals surface area contributed by atoms with Crippen molar-refractivity contribution in [2.24, 2.45) is 11.8 Å². The topological polar surface area (TPSA) is 134 Å². The third-order valence-electron chi connectivity index (χ3n) is 5.50. The van der Waals surface area contributed by atoms with Gasteiger partial charge < -0.3 is 19.3 Å². The van der Waals surface area contributed by atoms with Gasteiger partial charge in [-0.15, -0.1) is 4.72 Å². The van der Waals surface area contributed by atoms with Crippen LogP contribution in [0.5, 0.6) is 0 Å². The van der Waals surface area contributed by atoms with E-state index in [0.29, 0.717) is 0 Å². The van der Waals surface area contributed by atoms with Gasteiger partial charge in [-0.25, -0.2) is 4.79 Å². The maximum atomic E-state index is 12.9. The number of carbonyl (C=O) groups is 3. The first kappa shape index (κ1) is 28.4. The van der Waals surface area contributed by atoms with E-state index in [1.54, 1.807) is 50.3 Å². The van der Waals surface area contributed by atoms with Gasteiger partial charge in [-0.3, -0.25) is 9.59 Å². The van der Waals surface area contributed by atoms with Gasteiger partial charge in [0.15, 0.2) is 21.1 Å². The molecule has 35 heavy (non-hydrogen) atoms. The summed E-state index contributed by atoms with van der Waals surface area (Å²) in [5.74, 6) is -1.32. The van der Waals surface area contributed by atoms with Gasteiger partial charge >= 0.3 is 12.1 Å². The molecule has 1 aromatic carbocycles. The van der Waals surface area contributed by atoms with Crippen LogP contribution in [-0.4, -0.2) is 47.7 Å². The zero-order valence-electron chi connectivity index (χ0n) is 20.5. The Morgan fingerprint density at radius 2 is 1.63 bits per heavy atom. The van der Waals surface area contributed by atoms with Crippen molar-refractivity contribution in [3.63, 3.8) is 0 Å². The zero-order chi connectivity index (χ0) is 26.0. The Labute approximate surface area is 207 Å². The first-order chi connectivity index (χ1) is 16.5. The van der Waals surface area contributed by atoms with E-state index in [2.05, 4.69) is 10.0 Å². The fourth-order valence-electron chi connectivity index (χ4n) is 3.19. The number of rotatable bonds is 3. The summed E-state index contributed by atoms with van der Waals surface area (Å²) in [7, 11) is -3.88. The van der Waals surface area contributed by atoms with Crippen molar-refractivity contribution in [1.29, 1.82) is 0 Å². The molecule has 10 heteroatoms. The first-order valence-corrected chi connectivity index (χ1v) is 13.0. The lowest BCUT2D eigenvalue weighted by Crippen LogP contribution is -2.45. The summed E-state index contributed by atoms with van der Waals surface area (Å²) in [6.07, 6.45) is 5.94. The molecule has 0 bridgehead atoms. The van der Waals surface area contributed by atoms with E-state index < -0.39 is 40.5 Å². The number of amides is 1. The number of esters is 1. The summed E-state index contributed by atoms with van der Waals surface area (Å²) in [4.78, 5) is 36.6. The quantitative estimate of drug-likeness (QED) is 0.365. The van der Waals surface area contributed by atoms with Crippen molar-refractivity contribution in [2.75, 3.05) is 13.2 Å². The van der Waals surface area contributed by atoms with E-state index in [-0.39, 0.29) is 42.7 Å². The number of hydrogen-bond donors (Lipinski definition) is 2. The summed E-state index contributed by atoms with van der Waals surface area (Å²) in [5.41, 5.74) is 0.925. The fourth-order valence-corrected chi connectivity index (χ4v) is 4.50. The standard InChI is InChI=1S/C25H34N2O7S/c1-17-11-13-21(14-12-17)35(31,32)27-22-16-33-24(29)10-5-7-18(2)15-34-25(30)26-20(4)23(28)9-6-8-19(22)3/h5-8,11-14,18-20,22H,9-10,15-16H2,1-4H3,(H2-,26,27,30,31,32)/t18-,19+,20-,22+/m0/s1. The number of nitrogens with one attached hydrogen (secondary N) is 2. The first-order valence-electron chi connectivity index (χ1n) is 11.5. The summed E-state index contributed by atoms with van der Waals surface area (Å²) >= 11 is 0. The van der Waals surface area contributed by atoms with Crippen molar-refractivity contribution in [3.05, 3.63) is 54.1 Å². The van der Waals surface area contributed by atoms with E-state index in [1.165, 1.54) is 12.1 Å². The molecule has 1 unspecified atom stereocenters. The Hall–Kier alpha value is -2.82. The van der Waals surface area contributed by atoms with Crippen molar-refractivity contribution in [2.45, 2.75) is 57.5 Å². The summed E-state index contributed by atoms with van der Waals surface area (Å²) in [5, 5.41) is 2.50. The van der Waals surface area contributed by atoms with Gasteiger partial charge in [-0.2, -0.15) is 0 Å². The monoisotopic (exact) mass is 506 g/mol. The van der Waals surface area contributed by atoms with Crippen LogP contribution in [0.15, 0.2) is 53.5 Å². The number of hydrogen-bond acceptors (Lipinski definition) is 7. The Bertz CT molecular complexity index is 990. The summed E-state index contributed by atoms with van der Waals surface area (Å²) < 4.78 is 39.0. The minimum Gasteiger partial charge on any atom is -0.593 e. The average Bonchev–Trinajstić information content (AvgIpc) is 2.79. The number of carbonyl (C=O) groups excluding carboxylic acids is 3. The minimum atomic E-state index is -3.88. The SMILES string of the molecule is Cc1ccc([S+](=O)([O-])N[C@@H]2COC(=O)CC=C[C@H](C)COC(=O)N[C@@H](C)C(=O)CC=C[C@H]2C)cc1. The van der Waals surface area contributed by atoms with E-state index >= 15 is 0 Å². The van der Waals surface area contributed by atoms with Crippen molar-refractivity contribution in [1.82, 2.24) is 10.0 Å². The second kappa shape index (κ2) is 13.3. The van der Waals surface area contributed by atoms with Crippen LogP contribution in [0.1, 0.15) is 39.2 Å². The van der Waals surface area contributed by atoms with Gasteiger partial charge in [-0.05, 0) is 31.9 Å². The highest BCUT2D eigenvalue weighted by atomic mass is 32.3. The largest absolute Gasteiger partial charge is 0.593 e. The molecule has 1 amide bonds. The molecular formula is C25H34N2O7S. The lowest BCUT2D eigenvalue weighted by atomic mass is 10.0. The number of ketones is 1. The lowest BCUT2D eigenvalue weighted by molar-refractivity contribution is -0.143. The number of sulfonamides is 1. The molecule has 192 valence electrons. The van der Waals surface area contributed by atoms with Crippen molar-refractivity contribution in [3.8, 4) is 0 Å². The smallest absolute Gasteiger partial charge is 0.407 e. The van der Waals surface area contributed by atoms with E-state index in [1.807, 2.05) is 13.8 Å². The Morgan fingerprint density at radius 3 is 2.31 bits per heavy atom. The summed E-state index contributed by atoms with van der Waals surface area (Å²) in [6, 6.07) is 4.91. The normalized spacial score (nSPS) is 27.1. The summed E-state index contributed by atoms with van der Waals surface area (Å²) in [6.45, 7) is 6.90. The molecule has 1 aliphatic rings. The number of Topliss-reactive ketones (excluding diaryl/α,β-unsaturated/α-hetero) is 1. The maximum Gasteiger partial charge on any atom is 0.407 e. The molecule has 0 saturated carbocycles. The molecule has 0 aromatic heterocycles. The molecule has 0 aliphatic carbocycles. The van der Waals surface area contributed by atoms with Crippen LogP contribution >= 0.6 is 0 Å². The van der Waals surface area contributed by atoms with Crippen LogP contribution < -0.4 is 10.0 Å². The molecule has 2 N–H and O–H groups in total. The Kier molecular flexibility index (Phi) is 10.8. The van der Waals surface area contributed by atoms with E-state index in [9.17, 15) is 23.1 Å². The third kappa shape index (κ3) is 9.75. The highest BCUT2D eigenvalue weighted by Crippen LogP contribution is 2.18. The van der Waals surface area contributed by atoms with Gasteiger partial charge in [0.1, 0.15) is 6.61 Å². The number of allylic oxidation sites excluding steroid dienone is 1. The van der Waals surface area contributed by atoms with E-state index in [4.69, 9.17) is 9.47 Å². The van der Waals surface area contributed by atoms with Gasteiger partial charge in [-0.1, -0.05) is 60.1 Å². The van der Waals surface area contributed by atoms with Gasteiger partial charge in [0.05, 0.1) is 25.1 Å². The molecule has 0 fully saturated rings. The van der Waals surface area contributed by atoms with Gasteiger partial charge in [0, 0.05) is 12.3 Å². The molecule has 0 radical (unpaired) electrons. The second-order valence-corrected chi connectivity index (χ2v) is 10.5. The molecule has 9 nitrogen and oxygen atoms in total. The number of ether oxygens (including phenoxy) is 2. The number of alkyl carbamates (subject to hydrolysis) is 1. The van der Waals surface area contributed by atoms with Crippen LogP contribution in [0.4, 0.5) is 4.79 Å². The van der Waals surface area contributed by atoms with Crippen molar-refractivity contribution < 1.29 is 32.6 Å². The molecule has 2 rings (SSSR count). The zero-order valence-corrected chi connectivity index (χ0v) is 21.3. The maximum absolute atomic E-state index is 12.9. The Balaban J connectivity index is 2.21. The van der Waals surface area contributed by atoms with Gasteiger partial charge in [0.2, 0.25) is 0 Å². The van der Waals surface area contributed by atoms with Crippen LogP contribution in [-0.2, 0) is 33.7 Å². The molecule has 5 atom stereocenters. The van der Waals surface area contributed by atoms with Crippen molar-refractivity contribution >= 4 is 28.2 Å². The van der Waals surface area contributed by atoms with Gasteiger partial charge in [0.25, 0.3) is 0 Å². The number of cyclic esters (lactones) is 2. The molecule has 1 heterocycles.